The van der Waals surface area contributed by atoms with Gasteiger partial charge in [-0.1, -0.05) is 24.3 Å². The fraction of sp³-hybridized carbons (Fsp3) is 0.333. The van der Waals surface area contributed by atoms with Gasteiger partial charge in [0.25, 0.3) is 5.91 Å². The first-order valence-electron chi connectivity index (χ1n) is 8.98. The third-order valence-corrected chi connectivity index (χ3v) is 5.25. The second kappa shape index (κ2) is 6.39. The molecule has 0 spiro atoms. The Balaban J connectivity index is 1.77. The molecule has 4 rings (SSSR count). The number of nitrogens with zero attached hydrogens (tertiary/aromatic N) is 3. The normalized spacial score (nSPS) is 18.6. The van der Waals surface area contributed by atoms with Crippen molar-refractivity contribution in [2.24, 2.45) is 7.05 Å². The minimum Gasteiger partial charge on any atom is -0.485 e. The molecule has 1 heterocycles. The zero-order chi connectivity index (χ0) is 19.3. The molecular formula is C21H23N3O3. The summed E-state index contributed by atoms with van der Waals surface area (Å²) in [5.74, 6) is 1.26. The Morgan fingerprint density at radius 3 is 2.74 bits per heavy atom. The Morgan fingerprint density at radius 2 is 2.04 bits per heavy atom. The molecule has 0 fully saturated rings. The first-order chi connectivity index (χ1) is 12.9. The van der Waals surface area contributed by atoms with Gasteiger partial charge in [0.1, 0.15) is 29.3 Å². The van der Waals surface area contributed by atoms with Crippen molar-refractivity contribution in [1.82, 2.24) is 14.5 Å². The standard InChI is InChI=1S/C21H23N3O3/c1-12-22-19-16(24(12)4)9-14(21(26)23(2)3)11-17(19)27-18-10-13-7-5-6-8-15(13)20(18)25/h5-9,11,18,20,25H,10H2,1-4H3. The van der Waals surface area contributed by atoms with Crippen LogP contribution in [0.5, 0.6) is 5.75 Å². The Morgan fingerprint density at radius 1 is 1.30 bits per heavy atom. The molecule has 27 heavy (non-hydrogen) atoms. The van der Waals surface area contributed by atoms with E-state index in [1.165, 1.54) is 4.90 Å². The SMILES string of the molecule is Cc1nc2c(OC3Cc4ccccc4C3O)cc(C(=O)N(C)C)cc2n1C. The van der Waals surface area contributed by atoms with Gasteiger partial charge in [0.05, 0.1) is 5.52 Å². The minimum atomic E-state index is -0.700. The molecule has 6 nitrogen and oxygen atoms in total. The summed E-state index contributed by atoms with van der Waals surface area (Å²) in [5.41, 5.74) is 4.06. The molecule has 0 bridgehead atoms. The Labute approximate surface area is 158 Å². The molecule has 0 saturated heterocycles. The van der Waals surface area contributed by atoms with Crippen LogP contribution in [0.3, 0.4) is 0 Å². The summed E-state index contributed by atoms with van der Waals surface area (Å²) < 4.78 is 8.16. The van der Waals surface area contributed by atoms with Crippen molar-refractivity contribution in [3.05, 3.63) is 58.9 Å². The first-order valence-corrected chi connectivity index (χ1v) is 8.98. The lowest BCUT2D eigenvalue weighted by Crippen LogP contribution is -2.23. The van der Waals surface area contributed by atoms with Gasteiger partial charge in [0.2, 0.25) is 0 Å². The fourth-order valence-corrected chi connectivity index (χ4v) is 3.65. The van der Waals surface area contributed by atoms with Crippen LogP contribution in [0.25, 0.3) is 11.0 Å². The van der Waals surface area contributed by atoms with E-state index in [2.05, 4.69) is 4.98 Å². The molecule has 0 aliphatic heterocycles. The van der Waals surface area contributed by atoms with Crippen LogP contribution in [0, 0.1) is 6.92 Å². The van der Waals surface area contributed by atoms with Gasteiger partial charge in [-0.25, -0.2) is 4.98 Å². The number of aliphatic hydroxyl groups is 1. The molecule has 1 aromatic heterocycles. The van der Waals surface area contributed by atoms with Crippen LogP contribution in [0.4, 0.5) is 0 Å². The predicted molar refractivity (Wildman–Crippen MR) is 103 cm³/mol. The van der Waals surface area contributed by atoms with Crippen molar-refractivity contribution in [3.8, 4) is 5.75 Å². The molecule has 2 aromatic carbocycles. The lowest BCUT2D eigenvalue weighted by atomic mass is 10.1. The number of rotatable bonds is 3. The van der Waals surface area contributed by atoms with Crippen molar-refractivity contribution < 1.29 is 14.6 Å². The third kappa shape index (κ3) is 2.86. The monoisotopic (exact) mass is 365 g/mol. The maximum Gasteiger partial charge on any atom is 0.253 e. The summed E-state index contributed by atoms with van der Waals surface area (Å²) in [6.45, 7) is 1.91. The van der Waals surface area contributed by atoms with Crippen LogP contribution in [-0.4, -0.2) is 45.7 Å². The number of hydrogen-bond donors (Lipinski definition) is 1. The number of fused-ring (bicyclic) bond motifs is 2. The summed E-state index contributed by atoms with van der Waals surface area (Å²) in [5, 5.41) is 10.7. The molecule has 1 amide bonds. The van der Waals surface area contributed by atoms with Gasteiger partial charge in [0.15, 0.2) is 0 Å². The molecule has 3 aromatic rings. The number of imidazole rings is 1. The topological polar surface area (TPSA) is 67.6 Å². The average Bonchev–Trinajstić information content (AvgIpc) is 3.12. The number of carbonyl (C=O) groups is 1. The Kier molecular flexibility index (Phi) is 4.15. The van der Waals surface area contributed by atoms with Gasteiger partial charge < -0.3 is 19.3 Å². The second-order valence-electron chi connectivity index (χ2n) is 7.26. The summed E-state index contributed by atoms with van der Waals surface area (Å²) in [6, 6.07) is 11.4. The lowest BCUT2D eigenvalue weighted by Gasteiger charge is -2.19. The van der Waals surface area contributed by atoms with E-state index < -0.39 is 12.2 Å². The van der Waals surface area contributed by atoms with Crippen LogP contribution >= 0.6 is 0 Å². The molecule has 1 aliphatic rings. The summed E-state index contributed by atoms with van der Waals surface area (Å²) in [4.78, 5) is 18.7. The molecule has 1 N–H and O–H groups in total. The number of aromatic nitrogens is 2. The van der Waals surface area contributed by atoms with Crippen molar-refractivity contribution in [1.29, 1.82) is 0 Å². The van der Waals surface area contributed by atoms with Crippen LogP contribution in [0.1, 0.15) is 33.4 Å². The summed E-state index contributed by atoms with van der Waals surface area (Å²) in [6.07, 6.45) is -0.483. The molecule has 2 atom stereocenters. The highest BCUT2D eigenvalue weighted by Gasteiger charge is 2.33. The van der Waals surface area contributed by atoms with Crippen LogP contribution < -0.4 is 4.74 Å². The van der Waals surface area contributed by atoms with E-state index in [1.807, 2.05) is 48.9 Å². The lowest BCUT2D eigenvalue weighted by molar-refractivity contribution is 0.0501. The molecule has 1 aliphatic carbocycles. The molecule has 0 saturated carbocycles. The van der Waals surface area contributed by atoms with Gasteiger partial charge in [-0.3, -0.25) is 4.79 Å². The molecule has 140 valence electrons. The van der Waals surface area contributed by atoms with Crippen LogP contribution in [-0.2, 0) is 13.5 Å². The summed E-state index contributed by atoms with van der Waals surface area (Å²) in [7, 11) is 5.36. The highest BCUT2D eigenvalue weighted by Crippen LogP contribution is 2.36. The number of aliphatic hydroxyl groups excluding tert-OH is 1. The van der Waals surface area contributed by atoms with Gasteiger partial charge in [-0.2, -0.15) is 0 Å². The van der Waals surface area contributed by atoms with E-state index in [0.29, 0.717) is 23.3 Å². The van der Waals surface area contributed by atoms with Crippen LogP contribution in [0.15, 0.2) is 36.4 Å². The second-order valence-corrected chi connectivity index (χ2v) is 7.26. The van der Waals surface area contributed by atoms with E-state index >= 15 is 0 Å². The van der Waals surface area contributed by atoms with Crippen molar-refractivity contribution in [3.63, 3.8) is 0 Å². The average molecular weight is 365 g/mol. The predicted octanol–water partition coefficient (Wildman–Crippen LogP) is 2.62. The largest absolute Gasteiger partial charge is 0.485 e. The quantitative estimate of drug-likeness (QED) is 0.775. The van der Waals surface area contributed by atoms with Crippen molar-refractivity contribution in [2.75, 3.05) is 14.1 Å². The smallest absolute Gasteiger partial charge is 0.253 e. The number of hydrogen-bond acceptors (Lipinski definition) is 4. The van der Waals surface area contributed by atoms with E-state index in [1.54, 1.807) is 20.2 Å². The Hall–Kier alpha value is -2.86. The van der Waals surface area contributed by atoms with Gasteiger partial charge in [0, 0.05) is 33.1 Å². The number of carbonyl (C=O) groups excluding carboxylic acids is 1. The third-order valence-electron chi connectivity index (χ3n) is 5.25. The molecular weight excluding hydrogens is 342 g/mol. The Bertz CT molecular complexity index is 1040. The highest BCUT2D eigenvalue weighted by atomic mass is 16.5. The fourth-order valence-electron chi connectivity index (χ4n) is 3.65. The number of ether oxygens (including phenoxy) is 1. The number of amides is 1. The minimum absolute atomic E-state index is 0.101. The van der Waals surface area contributed by atoms with Gasteiger partial charge in [-0.05, 0) is 30.2 Å². The van der Waals surface area contributed by atoms with E-state index in [9.17, 15) is 9.90 Å². The number of benzene rings is 2. The molecule has 2 unspecified atom stereocenters. The maximum atomic E-state index is 12.5. The van der Waals surface area contributed by atoms with Crippen LogP contribution in [0.2, 0.25) is 0 Å². The summed E-state index contributed by atoms with van der Waals surface area (Å²) >= 11 is 0. The van der Waals surface area contributed by atoms with E-state index in [0.717, 1.165) is 22.5 Å². The highest BCUT2D eigenvalue weighted by molar-refractivity contribution is 5.99. The molecule has 6 heteroatoms. The number of aryl methyl sites for hydroxylation is 2. The van der Waals surface area contributed by atoms with Gasteiger partial charge in [-0.15, -0.1) is 0 Å². The van der Waals surface area contributed by atoms with Crippen molar-refractivity contribution >= 4 is 16.9 Å². The van der Waals surface area contributed by atoms with Crippen molar-refractivity contribution in [2.45, 2.75) is 25.6 Å². The zero-order valence-corrected chi connectivity index (χ0v) is 15.9. The van der Waals surface area contributed by atoms with E-state index in [-0.39, 0.29) is 5.91 Å². The zero-order valence-electron chi connectivity index (χ0n) is 15.9. The maximum absolute atomic E-state index is 12.5. The van der Waals surface area contributed by atoms with E-state index in [4.69, 9.17) is 4.74 Å². The van der Waals surface area contributed by atoms with Gasteiger partial charge >= 0.3 is 0 Å². The molecule has 0 radical (unpaired) electrons. The first kappa shape index (κ1) is 17.5.